The van der Waals surface area contributed by atoms with Crippen LogP contribution in [0.25, 0.3) is 0 Å². The molecule has 1 N–H and O–H groups in total. The van der Waals surface area contributed by atoms with E-state index in [2.05, 4.69) is 4.98 Å². The second kappa shape index (κ2) is 4.39. The van der Waals surface area contributed by atoms with Gasteiger partial charge >= 0.3 is 5.97 Å². The summed E-state index contributed by atoms with van der Waals surface area (Å²) < 4.78 is 5.74. The summed E-state index contributed by atoms with van der Waals surface area (Å²) in [4.78, 5) is 15.4. The summed E-state index contributed by atoms with van der Waals surface area (Å²) in [6, 6.07) is 9.33. The standard InChI is InChI=1S/C15H13NO3/c1-9(15(17)18)11-5-2-6-13-12(11)8-10-4-3-7-16-14(10)19-13/h2-7,9H,8H2,1H3,(H,17,18). The topological polar surface area (TPSA) is 59.4 Å². The molecule has 2 heterocycles. The molecular formula is C15H13NO3. The molecule has 1 aliphatic heterocycles. The molecule has 96 valence electrons. The highest BCUT2D eigenvalue weighted by Gasteiger charge is 2.24. The van der Waals surface area contributed by atoms with Crippen molar-refractivity contribution >= 4 is 5.97 Å². The van der Waals surface area contributed by atoms with Crippen molar-refractivity contribution in [1.29, 1.82) is 0 Å². The molecule has 0 amide bonds. The Hall–Kier alpha value is -2.36. The molecule has 0 spiro atoms. The number of aliphatic carboxylic acids is 1. The minimum atomic E-state index is -0.828. The lowest BCUT2D eigenvalue weighted by atomic mass is 9.90. The molecule has 4 heteroatoms. The van der Waals surface area contributed by atoms with Crippen LogP contribution in [0.2, 0.25) is 0 Å². The molecule has 1 aromatic heterocycles. The summed E-state index contributed by atoms with van der Waals surface area (Å²) in [5, 5.41) is 9.18. The fourth-order valence-electron chi connectivity index (χ4n) is 2.35. The first kappa shape index (κ1) is 11.7. The van der Waals surface area contributed by atoms with Crippen LogP contribution in [0.3, 0.4) is 0 Å². The number of hydrogen-bond acceptors (Lipinski definition) is 3. The van der Waals surface area contributed by atoms with Gasteiger partial charge in [-0.25, -0.2) is 4.98 Å². The Balaban J connectivity index is 2.08. The number of nitrogens with zero attached hydrogens (tertiary/aromatic N) is 1. The lowest BCUT2D eigenvalue weighted by molar-refractivity contribution is -0.138. The monoisotopic (exact) mass is 255 g/mol. The molecule has 3 rings (SSSR count). The van der Waals surface area contributed by atoms with Crippen LogP contribution in [0, 0.1) is 0 Å². The first-order chi connectivity index (χ1) is 9.16. The van der Waals surface area contributed by atoms with Gasteiger partial charge in [0.1, 0.15) is 5.75 Å². The SMILES string of the molecule is CC(C(=O)O)c1cccc2c1Cc1cccnc1O2. The maximum Gasteiger partial charge on any atom is 0.310 e. The minimum Gasteiger partial charge on any atom is -0.481 e. The number of carboxylic acid groups (broad SMARTS) is 1. The van der Waals surface area contributed by atoms with Gasteiger partial charge in [-0.2, -0.15) is 0 Å². The quantitative estimate of drug-likeness (QED) is 0.764. The van der Waals surface area contributed by atoms with Gasteiger partial charge in [0.25, 0.3) is 0 Å². The predicted octanol–water partition coefficient (Wildman–Crippen LogP) is 2.97. The Morgan fingerprint density at radius 2 is 2.21 bits per heavy atom. The molecule has 0 saturated carbocycles. The molecule has 1 unspecified atom stereocenters. The number of rotatable bonds is 2. The smallest absolute Gasteiger partial charge is 0.310 e. The molecule has 0 aliphatic carbocycles. The maximum atomic E-state index is 11.2. The Morgan fingerprint density at radius 3 is 3.00 bits per heavy atom. The highest BCUT2D eigenvalue weighted by Crippen LogP contribution is 2.38. The summed E-state index contributed by atoms with van der Waals surface area (Å²) in [7, 11) is 0. The lowest BCUT2D eigenvalue weighted by Gasteiger charge is -2.22. The number of pyridine rings is 1. The van der Waals surface area contributed by atoms with E-state index in [-0.39, 0.29) is 0 Å². The van der Waals surface area contributed by atoms with Crippen LogP contribution in [0.4, 0.5) is 0 Å². The second-order valence-corrected chi connectivity index (χ2v) is 4.63. The van der Waals surface area contributed by atoms with Crippen LogP contribution in [0.5, 0.6) is 11.6 Å². The number of ether oxygens (including phenoxy) is 1. The molecule has 0 bridgehead atoms. The summed E-state index contributed by atoms with van der Waals surface area (Å²) in [5.74, 6) is -0.0610. The second-order valence-electron chi connectivity index (χ2n) is 4.63. The maximum absolute atomic E-state index is 11.2. The van der Waals surface area contributed by atoms with E-state index in [1.165, 1.54) is 0 Å². The van der Waals surface area contributed by atoms with Crippen LogP contribution in [-0.2, 0) is 11.2 Å². The van der Waals surface area contributed by atoms with Crippen molar-refractivity contribution in [3.05, 3.63) is 53.2 Å². The third-order valence-corrected chi connectivity index (χ3v) is 3.43. The summed E-state index contributed by atoms with van der Waals surface area (Å²) >= 11 is 0. The van der Waals surface area contributed by atoms with Crippen molar-refractivity contribution in [2.24, 2.45) is 0 Å². The van der Waals surface area contributed by atoms with E-state index in [4.69, 9.17) is 4.74 Å². The Morgan fingerprint density at radius 1 is 1.37 bits per heavy atom. The predicted molar refractivity (Wildman–Crippen MR) is 69.6 cm³/mol. The molecule has 19 heavy (non-hydrogen) atoms. The molecule has 0 fully saturated rings. The third-order valence-electron chi connectivity index (χ3n) is 3.43. The first-order valence-electron chi connectivity index (χ1n) is 6.13. The Kier molecular flexibility index (Phi) is 2.71. The number of aromatic nitrogens is 1. The Labute approximate surface area is 110 Å². The fraction of sp³-hybridized carbons (Fsp3) is 0.200. The van der Waals surface area contributed by atoms with Crippen LogP contribution in [0.15, 0.2) is 36.5 Å². The average molecular weight is 255 g/mol. The minimum absolute atomic E-state index is 0.545. The van der Waals surface area contributed by atoms with Crippen molar-refractivity contribution in [3.8, 4) is 11.6 Å². The van der Waals surface area contributed by atoms with Gasteiger partial charge in [-0.15, -0.1) is 0 Å². The van der Waals surface area contributed by atoms with Gasteiger partial charge in [0.15, 0.2) is 0 Å². The molecule has 1 atom stereocenters. The van der Waals surface area contributed by atoms with Gasteiger partial charge in [0, 0.05) is 23.7 Å². The van der Waals surface area contributed by atoms with Crippen molar-refractivity contribution in [2.45, 2.75) is 19.3 Å². The van der Waals surface area contributed by atoms with E-state index < -0.39 is 11.9 Å². The van der Waals surface area contributed by atoms with E-state index in [9.17, 15) is 9.90 Å². The number of carbonyl (C=O) groups is 1. The van der Waals surface area contributed by atoms with E-state index in [1.54, 1.807) is 13.1 Å². The van der Waals surface area contributed by atoms with Crippen molar-refractivity contribution < 1.29 is 14.6 Å². The lowest BCUT2D eigenvalue weighted by Crippen LogP contribution is -2.13. The normalized spacial score (nSPS) is 13.9. The van der Waals surface area contributed by atoms with E-state index in [1.807, 2.05) is 30.3 Å². The number of benzene rings is 1. The highest BCUT2D eigenvalue weighted by atomic mass is 16.5. The molecule has 0 saturated heterocycles. The number of carboxylic acids is 1. The average Bonchev–Trinajstić information content (AvgIpc) is 2.43. The summed E-state index contributed by atoms with van der Waals surface area (Å²) in [5.41, 5.74) is 2.73. The molecule has 1 aromatic carbocycles. The van der Waals surface area contributed by atoms with Crippen molar-refractivity contribution in [1.82, 2.24) is 4.98 Å². The van der Waals surface area contributed by atoms with Gasteiger partial charge in [-0.3, -0.25) is 4.79 Å². The third kappa shape index (κ3) is 1.95. The van der Waals surface area contributed by atoms with Crippen LogP contribution < -0.4 is 4.74 Å². The largest absolute Gasteiger partial charge is 0.481 e. The number of fused-ring (bicyclic) bond motifs is 2. The Bertz CT molecular complexity index is 652. The van der Waals surface area contributed by atoms with Crippen molar-refractivity contribution in [3.63, 3.8) is 0 Å². The molecule has 4 nitrogen and oxygen atoms in total. The van der Waals surface area contributed by atoms with Gasteiger partial charge < -0.3 is 9.84 Å². The first-order valence-corrected chi connectivity index (χ1v) is 6.13. The number of hydrogen-bond donors (Lipinski definition) is 1. The van der Waals surface area contributed by atoms with E-state index in [0.717, 1.165) is 16.7 Å². The van der Waals surface area contributed by atoms with Crippen LogP contribution in [-0.4, -0.2) is 16.1 Å². The molecule has 0 radical (unpaired) electrons. The van der Waals surface area contributed by atoms with Crippen LogP contribution >= 0.6 is 0 Å². The van der Waals surface area contributed by atoms with E-state index >= 15 is 0 Å². The fourth-order valence-corrected chi connectivity index (χ4v) is 2.35. The summed E-state index contributed by atoms with van der Waals surface area (Å²) in [6.45, 7) is 1.69. The molecule has 1 aliphatic rings. The highest BCUT2D eigenvalue weighted by molar-refractivity contribution is 5.76. The van der Waals surface area contributed by atoms with Gasteiger partial charge in [0.2, 0.25) is 5.88 Å². The van der Waals surface area contributed by atoms with Crippen molar-refractivity contribution in [2.75, 3.05) is 0 Å². The van der Waals surface area contributed by atoms with Gasteiger partial charge in [0.05, 0.1) is 5.92 Å². The zero-order valence-electron chi connectivity index (χ0n) is 10.5. The van der Waals surface area contributed by atoms with E-state index in [0.29, 0.717) is 18.1 Å². The molecular weight excluding hydrogens is 242 g/mol. The zero-order chi connectivity index (χ0) is 13.4. The van der Waals surface area contributed by atoms with Gasteiger partial charge in [-0.1, -0.05) is 18.2 Å². The molecule has 2 aromatic rings. The summed E-state index contributed by atoms with van der Waals surface area (Å²) in [6.07, 6.45) is 2.35. The van der Waals surface area contributed by atoms with Gasteiger partial charge in [-0.05, 0) is 24.6 Å². The van der Waals surface area contributed by atoms with Crippen LogP contribution in [0.1, 0.15) is 29.5 Å². The zero-order valence-corrected chi connectivity index (χ0v) is 10.5.